The van der Waals surface area contributed by atoms with Crippen LogP contribution < -0.4 is 10.2 Å². The minimum absolute atomic E-state index is 0.0250. The summed E-state index contributed by atoms with van der Waals surface area (Å²) in [6, 6.07) is 3.65. The highest BCUT2D eigenvalue weighted by Gasteiger charge is 2.43. The number of alkyl halides is 6. The molecule has 2 aromatic carbocycles. The summed E-state index contributed by atoms with van der Waals surface area (Å²) >= 11 is 0. The van der Waals surface area contributed by atoms with Crippen LogP contribution in [0, 0.1) is 5.82 Å². The first-order valence-corrected chi connectivity index (χ1v) is 15.7. The molecule has 0 aromatic heterocycles. The number of carbonyl (C=O) groups is 3. The van der Waals surface area contributed by atoms with E-state index in [0.29, 0.717) is 48.3 Å². The molecule has 1 aliphatic heterocycles. The molecule has 1 heterocycles. The lowest BCUT2D eigenvalue weighted by Gasteiger charge is -2.42. The molecule has 0 unspecified atom stereocenters. The zero-order chi connectivity index (χ0) is 36.6. The molecule has 2 aromatic rings. The second kappa shape index (κ2) is 13.9. The third kappa shape index (κ3) is 8.68. The number of likely N-dealkylation sites (tertiary alicyclic amines) is 1. The van der Waals surface area contributed by atoms with Gasteiger partial charge in [0.25, 0.3) is 0 Å². The number of hydrogen-bond donors (Lipinski definition) is 2. The van der Waals surface area contributed by atoms with Crippen molar-refractivity contribution < 1.29 is 50.2 Å². The fraction of sp³-hybridized carbons (Fsp3) is 0.545. The second-order valence-electron chi connectivity index (χ2n) is 13.6. The van der Waals surface area contributed by atoms with Crippen molar-refractivity contribution in [1.29, 1.82) is 0 Å². The summed E-state index contributed by atoms with van der Waals surface area (Å²) < 4.78 is 94.9. The Kier molecular flexibility index (Phi) is 10.7. The van der Waals surface area contributed by atoms with Crippen LogP contribution in [-0.2, 0) is 12.4 Å². The average Bonchev–Trinajstić information content (AvgIpc) is 3.45. The average molecular weight is 704 g/mol. The predicted molar refractivity (Wildman–Crippen MR) is 167 cm³/mol. The smallest absolute Gasteiger partial charge is 0.416 e. The van der Waals surface area contributed by atoms with Crippen LogP contribution in [0.3, 0.4) is 0 Å². The molecule has 5 amide bonds. The van der Waals surface area contributed by atoms with Crippen LogP contribution in [-0.4, -0.2) is 88.8 Å². The Labute approximate surface area is 279 Å². The van der Waals surface area contributed by atoms with Gasteiger partial charge in [-0.1, -0.05) is 12.1 Å². The van der Waals surface area contributed by atoms with Gasteiger partial charge in [-0.3, -0.25) is 4.90 Å². The van der Waals surface area contributed by atoms with Crippen LogP contribution in [0.5, 0.6) is 0 Å². The lowest BCUT2D eigenvalue weighted by atomic mass is 9.88. The molecule has 1 saturated carbocycles. The van der Waals surface area contributed by atoms with Crippen molar-refractivity contribution in [3.8, 4) is 0 Å². The van der Waals surface area contributed by atoms with E-state index in [4.69, 9.17) is 0 Å². The highest BCUT2D eigenvalue weighted by molar-refractivity contribution is 5.92. The SMILES string of the molecule is CN(C(=O)N(C)[C@@H]1CN(C(=O)NC2CCC(N(C(=O)O)C(C)(C)C)CC2)C[C@H]1c1ccc(F)cc1)c1cc(C(F)(F)F)cc(C(F)(F)F)c1. The van der Waals surface area contributed by atoms with E-state index in [2.05, 4.69) is 5.32 Å². The second-order valence-corrected chi connectivity index (χ2v) is 13.6. The van der Waals surface area contributed by atoms with Crippen molar-refractivity contribution >= 4 is 23.8 Å². The molecule has 1 aliphatic carbocycles. The molecule has 0 bridgehead atoms. The molecule has 0 radical (unpaired) electrons. The first-order valence-electron chi connectivity index (χ1n) is 15.7. The van der Waals surface area contributed by atoms with Gasteiger partial charge in [-0.2, -0.15) is 26.3 Å². The van der Waals surface area contributed by atoms with Crippen LogP contribution in [0.15, 0.2) is 42.5 Å². The monoisotopic (exact) mass is 703 g/mol. The van der Waals surface area contributed by atoms with Gasteiger partial charge in [-0.15, -0.1) is 0 Å². The molecule has 49 heavy (non-hydrogen) atoms. The Balaban J connectivity index is 1.53. The molecule has 2 aliphatic rings. The standard InChI is InChI=1S/C33H40F7N5O4/c1-31(2,3)45(30(48)49)24-12-10-23(11-13-24)41-28(46)44-17-26(19-6-8-22(34)9-7-19)27(18-44)43(5)29(47)42(4)25-15-20(32(35,36)37)14-21(16-25)33(38,39)40/h6-9,14-16,23-24,26-27H,10-13,17-18H2,1-5H3,(H,41,46)(H,48,49)/t23?,24?,26-,27+/m0/s1. The van der Waals surface area contributed by atoms with Gasteiger partial charge in [0.05, 0.1) is 17.2 Å². The lowest BCUT2D eigenvalue weighted by molar-refractivity contribution is -0.143. The van der Waals surface area contributed by atoms with E-state index in [-0.39, 0.29) is 31.2 Å². The van der Waals surface area contributed by atoms with Crippen molar-refractivity contribution in [3.63, 3.8) is 0 Å². The number of rotatable bonds is 5. The van der Waals surface area contributed by atoms with Gasteiger partial charge in [-0.05, 0) is 82.3 Å². The molecule has 0 spiro atoms. The number of halogens is 7. The molecule has 16 heteroatoms. The van der Waals surface area contributed by atoms with Gasteiger partial charge in [0.2, 0.25) is 0 Å². The van der Waals surface area contributed by atoms with Gasteiger partial charge in [0, 0.05) is 56.4 Å². The number of carboxylic acid groups (broad SMARTS) is 1. The Morgan fingerprint density at radius 2 is 1.37 bits per heavy atom. The maximum Gasteiger partial charge on any atom is 0.416 e. The number of likely N-dealkylation sites (N-methyl/N-ethyl adjacent to an activating group) is 1. The number of amides is 5. The largest absolute Gasteiger partial charge is 0.465 e. The molecular formula is C33H40F7N5O4. The molecule has 4 rings (SSSR count). The van der Waals surface area contributed by atoms with E-state index in [9.17, 15) is 50.2 Å². The Morgan fingerprint density at radius 3 is 1.84 bits per heavy atom. The number of urea groups is 2. The van der Waals surface area contributed by atoms with Gasteiger partial charge in [0.15, 0.2) is 0 Å². The maximum absolute atomic E-state index is 13.8. The topological polar surface area (TPSA) is 96.4 Å². The number of anilines is 1. The van der Waals surface area contributed by atoms with Crippen molar-refractivity contribution in [1.82, 2.24) is 20.0 Å². The molecule has 270 valence electrons. The van der Waals surface area contributed by atoms with Gasteiger partial charge in [0.1, 0.15) is 5.82 Å². The van der Waals surface area contributed by atoms with E-state index in [1.54, 1.807) is 0 Å². The van der Waals surface area contributed by atoms with Crippen LogP contribution in [0.1, 0.15) is 69.1 Å². The number of hydrogen-bond acceptors (Lipinski definition) is 3. The molecule has 2 fully saturated rings. The molecule has 2 atom stereocenters. The summed E-state index contributed by atoms with van der Waals surface area (Å²) in [6.07, 6.45) is -9.13. The van der Waals surface area contributed by atoms with Crippen LogP contribution in [0.25, 0.3) is 0 Å². The Hall–Kier alpha value is -4.24. The number of benzene rings is 2. The minimum atomic E-state index is -5.11. The minimum Gasteiger partial charge on any atom is -0.465 e. The quantitative estimate of drug-likeness (QED) is 0.314. The van der Waals surface area contributed by atoms with Crippen molar-refractivity contribution in [3.05, 3.63) is 65.0 Å². The Bertz CT molecular complexity index is 1490. The summed E-state index contributed by atoms with van der Waals surface area (Å²) in [7, 11) is 2.40. The van der Waals surface area contributed by atoms with E-state index in [0.717, 1.165) is 11.9 Å². The van der Waals surface area contributed by atoms with Crippen molar-refractivity contribution in [2.45, 2.75) is 88.4 Å². The summed E-state index contributed by atoms with van der Waals surface area (Å²) in [4.78, 5) is 43.8. The van der Waals surface area contributed by atoms with E-state index in [1.165, 1.54) is 41.1 Å². The van der Waals surface area contributed by atoms with Crippen molar-refractivity contribution in [2.24, 2.45) is 0 Å². The lowest BCUT2D eigenvalue weighted by Crippen LogP contribution is -2.54. The highest BCUT2D eigenvalue weighted by Crippen LogP contribution is 2.39. The first kappa shape index (κ1) is 37.6. The van der Waals surface area contributed by atoms with Gasteiger partial charge in [-0.25, -0.2) is 18.8 Å². The third-order valence-electron chi connectivity index (χ3n) is 9.24. The highest BCUT2D eigenvalue weighted by atomic mass is 19.4. The molecular weight excluding hydrogens is 663 g/mol. The van der Waals surface area contributed by atoms with E-state index in [1.807, 2.05) is 20.8 Å². The van der Waals surface area contributed by atoms with Crippen molar-refractivity contribution in [2.75, 3.05) is 32.1 Å². The maximum atomic E-state index is 13.8. The molecule has 2 N–H and O–H groups in total. The van der Waals surface area contributed by atoms with Gasteiger partial charge >= 0.3 is 30.5 Å². The molecule has 9 nitrogen and oxygen atoms in total. The number of nitrogens with one attached hydrogen (secondary N) is 1. The zero-order valence-electron chi connectivity index (χ0n) is 27.7. The van der Waals surface area contributed by atoms with E-state index < -0.39 is 70.6 Å². The van der Waals surface area contributed by atoms with Crippen LogP contribution in [0.2, 0.25) is 0 Å². The zero-order valence-corrected chi connectivity index (χ0v) is 27.7. The summed E-state index contributed by atoms with van der Waals surface area (Å²) in [5, 5.41) is 12.7. The number of nitrogens with zero attached hydrogens (tertiary/aromatic N) is 4. The van der Waals surface area contributed by atoms with E-state index >= 15 is 0 Å². The predicted octanol–water partition coefficient (Wildman–Crippen LogP) is 7.62. The summed E-state index contributed by atoms with van der Waals surface area (Å²) in [6.45, 7) is 5.49. The van der Waals surface area contributed by atoms with Crippen LogP contribution >= 0.6 is 0 Å². The Morgan fingerprint density at radius 1 is 0.837 bits per heavy atom. The fourth-order valence-corrected chi connectivity index (χ4v) is 6.74. The third-order valence-corrected chi connectivity index (χ3v) is 9.24. The number of carbonyl (C=O) groups excluding carboxylic acids is 2. The fourth-order valence-electron chi connectivity index (χ4n) is 6.74. The first-order chi connectivity index (χ1) is 22.6. The van der Waals surface area contributed by atoms with Gasteiger partial charge < -0.3 is 25.1 Å². The normalized spacial score (nSPS) is 21.7. The summed E-state index contributed by atoms with van der Waals surface area (Å²) in [5.74, 6) is -1.10. The molecule has 1 saturated heterocycles. The van der Waals surface area contributed by atoms with Crippen LogP contribution in [0.4, 0.5) is 50.8 Å². The summed E-state index contributed by atoms with van der Waals surface area (Å²) in [5.41, 5.74) is -3.81.